The van der Waals surface area contributed by atoms with E-state index in [1.165, 1.54) is 5.56 Å². The molecule has 0 fully saturated rings. The van der Waals surface area contributed by atoms with Crippen molar-refractivity contribution >= 4 is 11.9 Å². The predicted octanol–water partition coefficient (Wildman–Crippen LogP) is 4.38. The van der Waals surface area contributed by atoms with Crippen LogP contribution in [-0.4, -0.2) is 25.8 Å². The molecule has 0 saturated carbocycles. The predicted molar refractivity (Wildman–Crippen MR) is 120 cm³/mol. The van der Waals surface area contributed by atoms with Gasteiger partial charge in [0.1, 0.15) is 24.4 Å². The van der Waals surface area contributed by atoms with Gasteiger partial charge in [-0.05, 0) is 49.9 Å². The highest BCUT2D eigenvalue weighted by molar-refractivity contribution is 6.02. The van der Waals surface area contributed by atoms with Crippen molar-refractivity contribution in [3.05, 3.63) is 88.1 Å². The number of carbonyl (C=O) groups excluding carboxylic acids is 1. The second-order valence-electron chi connectivity index (χ2n) is 7.72. The Morgan fingerprint density at radius 3 is 2.50 bits per heavy atom. The van der Waals surface area contributed by atoms with E-state index < -0.39 is 5.91 Å². The molecule has 2 heterocycles. The highest BCUT2D eigenvalue weighted by Gasteiger charge is 2.22. The molecular formula is C24H25N5O3. The summed E-state index contributed by atoms with van der Waals surface area (Å²) in [4.78, 5) is 17.0. The smallest absolute Gasteiger partial charge is 0.280 e. The number of anilines is 1. The van der Waals surface area contributed by atoms with E-state index in [0.717, 1.165) is 22.4 Å². The molecule has 0 spiro atoms. The topological polar surface area (TPSA) is 95.1 Å². The van der Waals surface area contributed by atoms with Crippen LogP contribution in [0.15, 0.2) is 53.3 Å². The maximum absolute atomic E-state index is 12.8. The van der Waals surface area contributed by atoms with Crippen LogP contribution in [0, 0.1) is 27.7 Å². The van der Waals surface area contributed by atoms with Crippen molar-refractivity contribution in [1.29, 1.82) is 0 Å². The first kappa shape index (κ1) is 21.3. The van der Waals surface area contributed by atoms with Crippen LogP contribution in [0.5, 0.6) is 5.75 Å². The van der Waals surface area contributed by atoms with Gasteiger partial charge in [0.05, 0.1) is 12.1 Å². The van der Waals surface area contributed by atoms with Gasteiger partial charge >= 0.3 is 0 Å². The molecule has 0 saturated heterocycles. The third kappa shape index (κ3) is 4.54. The Morgan fingerprint density at radius 1 is 1.03 bits per heavy atom. The zero-order valence-electron chi connectivity index (χ0n) is 18.5. The monoisotopic (exact) mass is 431 g/mol. The first-order chi connectivity index (χ1) is 15.4. The molecule has 0 bridgehead atoms. The Kier molecular flexibility index (Phi) is 6.02. The lowest BCUT2D eigenvalue weighted by Gasteiger charge is -2.11. The highest BCUT2D eigenvalue weighted by atomic mass is 16.5. The maximum atomic E-state index is 12.8. The van der Waals surface area contributed by atoms with Crippen molar-refractivity contribution in [3.8, 4) is 5.75 Å². The third-order valence-electron chi connectivity index (χ3n) is 5.32. The van der Waals surface area contributed by atoms with Gasteiger partial charge in [0.2, 0.25) is 5.95 Å². The molecule has 0 radical (unpaired) electrons. The molecule has 0 aliphatic carbocycles. The molecular weight excluding hydrogens is 406 g/mol. The van der Waals surface area contributed by atoms with Gasteiger partial charge in [0, 0.05) is 0 Å². The first-order valence-corrected chi connectivity index (χ1v) is 10.3. The number of carbonyl (C=O) groups is 1. The van der Waals surface area contributed by atoms with E-state index in [4.69, 9.17) is 9.26 Å². The van der Waals surface area contributed by atoms with Crippen molar-refractivity contribution in [2.24, 2.45) is 0 Å². The highest BCUT2D eigenvalue weighted by Crippen LogP contribution is 2.25. The molecule has 8 heteroatoms. The van der Waals surface area contributed by atoms with Crippen LogP contribution >= 0.6 is 0 Å². The minimum Gasteiger partial charge on any atom is -0.488 e. The quantitative estimate of drug-likeness (QED) is 0.467. The van der Waals surface area contributed by atoms with Gasteiger partial charge < -0.3 is 9.26 Å². The fourth-order valence-corrected chi connectivity index (χ4v) is 3.46. The number of ether oxygens (including phenoxy) is 1. The Morgan fingerprint density at radius 2 is 1.75 bits per heavy atom. The van der Waals surface area contributed by atoms with Crippen molar-refractivity contribution in [2.45, 2.75) is 40.8 Å². The maximum Gasteiger partial charge on any atom is 0.280 e. The van der Waals surface area contributed by atoms with Crippen LogP contribution < -0.4 is 10.1 Å². The number of amides is 1. The zero-order valence-corrected chi connectivity index (χ0v) is 18.5. The van der Waals surface area contributed by atoms with Crippen molar-refractivity contribution in [1.82, 2.24) is 19.9 Å². The van der Waals surface area contributed by atoms with Gasteiger partial charge in [-0.3, -0.25) is 10.1 Å². The molecule has 32 heavy (non-hydrogen) atoms. The summed E-state index contributed by atoms with van der Waals surface area (Å²) in [6, 6.07) is 14.0. The van der Waals surface area contributed by atoms with E-state index in [0.29, 0.717) is 17.9 Å². The summed E-state index contributed by atoms with van der Waals surface area (Å²) in [5.74, 6) is 1.07. The van der Waals surface area contributed by atoms with E-state index in [1.807, 2.05) is 63.2 Å². The second kappa shape index (κ2) is 9.05. The summed E-state index contributed by atoms with van der Waals surface area (Å²) in [5, 5.41) is 11.0. The number of nitrogens with one attached hydrogen (secondary N) is 1. The largest absolute Gasteiger partial charge is 0.488 e. The van der Waals surface area contributed by atoms with Gasteiger partial charge in [-0.2, -0.15) is 0 Å². The van der Waals surface area contributed by atoms with E-state index in [-0.39, 0.29) is 18.2 Å². The summed E-state index contributed by atoms with van der Waals surface area (Å²) in [6.07, 6.45) is 1.58. The van der Waals surface area contributed by atoms with Gasteiger partial charge in [-0.15, -0.1) is 5.10 Å². The van der Waals surface area contributed by atoms with Gasteiger partial charge in [-0.1, -0.05) is 47.6 Å². The number of hydrogen-bond donors (Lipinski definition) is 1. The SMILES string of the molecule is Cc1ccccc1Cn1cnc(NC(=O)c2noc(C)c2COc2c(C)cccc2C)n1. The number of benzene rings is 2. The minimum absolute atomic E-state index is 0.156. The molecule has 2 aromatic heterocycles. The molecule has 164 valence electrons. The van der Waals surface area contributed by atoms with Crippen LogP contribution in [0.25, 0.3) is 0 Å². The molecule has 4 aromatic rings. The first-order valence-electron chi connectivity index (χ1n) is 10.3. The van der Waals surface area contributed by atoms with Crippen LogP contribution in [0.1, 0.15) is 44.1 Å². The standard InChI is InChI=1S/C24H25N5O3/c1-15-8-5-6-11-19(15)12-29-14-25-24(27-29)26-23(30)21-20(18(4)32-28-21)13-31-22-16(2)9-7-10-17(22)3/h5-11,14H,12-13H2,1-4H3,(H,26,27,30). The normalized spacial score (nSPS) is 10.9. The van der Waals surface area contributed by atoms with E-state index in [9.17, 15) is 4.79 Å². The number of aromatic nitrogens is 4. The van der Waals surface area contributed by atoms with Gasteiger partial charge in [-0.25, -0.2) is 9.67 Å². The molecule has 0 unspecified atom stereocenters. The van der Waals surface area contributed by atoms with E-state index >= 15 is 0 Å². The molecule has 0 atom stereocenters. The molecule has 0 aliphatic heterocycles. The summed E-state index contributed by atoms with van der Waals surface area (Å²) in [6.45, 7) is 8.49. The average molecular weight is 431 g/mol. The van der Waals surface area contributed by atoms with Crippen LogP contribution in [0.3, 0.4) is 0 Å². The van der Waals surface area contributed by atoms with Crippen molar-refractivity contribution < 1.29 is 14.1 Å². The summed E-state index contributed by atoms with van der Waals surface area (Å²) >= 11 is 0. The molecule has 1 amide bonds. The minimum atomic E-state index is -0.449. The molecule has 2 aromatic carbocycles. The number of nitrogens with zero attached hydrogens (tertiary/aromatic N) is 4. The Labute approximate surface area is 186 Å². The van der Waals surface area contributed by atoms with Crippen LogP contribution in [0.2, 0.25) is 0 Å². The van der Waals surface area contributed by atoms with Gasteiger partial charge in [0.15, 0.2) is 5.69 Å². The molecule has 1 N–H and O–H groups in total. The molecule has 0 aliphatic rings. The lowest BCUT2D eigenvalue weighted by atomic mass is 10.1. The Balaban J connectivity index is 1.46. The Hall–Kier alpha value is -3.94. The lowest BCUT2D eigenvalue weighted by Crippen LogP contribution is -2.17. The van der Waals surface area contributed by atoms with Crippen molar-refractivity contribution in [3.63, 3.8) is 0 Å². The summed E-state index contributed by atoms with van der Waals surface area (Å²) < 4.78 is 12.9. The lowest BCUT2D eigenvalue weighted by molar-refractivity contribution is 0.101. The number of aryl methyl sites for hydroxylation is 4. The van der Waals surface area contributed by atoms with Crippen LogP contribution in [-0.2, 0) is 13.2 Å². The van der Waals surface area contributed by atoms with Crippen LogP contribution in [0.4, 0.5) is 5.95 Å². The average Bonchev–Trinajstić information content (AvgIpc) is 3.35. The number of rotatable bonds is 7. The fourth-order valence-electron chi connectivity index (χ4n) is 3.46. The summed E-state index contributed by atoms with van der Waals surface area (Å²) in [7, 11) is 0. The number of hydrogen-bond acceptors (Lipinski definition) is 6. The van der Waals surface area contributed by atoms with Crippen molar-refractivity contribution in [2.75, 3.05) is 5.32 Å². The molecule has 4 rings (SSSR count). The van der Waals surface area contributed by atoms with E-state index in [1.54, 1.807) is 17.9 Å². The second-order valence-corrected chi connectivity index (χ2v) is 7.72. The zero-order chi connectivity index (χ0) is 22.7. The third-order valence-corrected chi connectivity index (χ3v) is 5.32. The Bertz CT molecular complexity index is 1240. The summed E-state index contributed by atoms with van der Waals surface area (Å²) in [5.41, 5.74) is 5.09. The molecule has 8 nitrogen and oxygen atoms in total. The van der Waals surface area contributed by atoms with E-state index in [2.05, 4.69) is 20.6 Å². The van der Waals surface area contributed by atoms with Gasteiger partial charge in [0.25, 0.3) is 5.91 Å². The fraction of sp³-hybridized carbons (Fsp3) is 0.250. The number of para-hydroxylation sites is 1.